The number of alkyl halides is 3. The summed E-state index contributed by atoms with van der Waals surface area (Å²) in [5, 5.41) is 10.5. The molecule has 12 heteroatoms. The van der Waals surface area contributed by atoms with Crippen LogP contribution in [0.2, 0.25) is 0 Å². The lowest BCUT2D eigenvalue weighted by atomic mass is 10.1. The summed E-state index contributed by atoms with van der Waals surface area (Å²) in [6.07, 6.45) is -1.36. The third-order valence-corrected chi connectivity index (χ3v) is 4.97. The highest BCUT2D eigenvalue weighted by Gasteiger charge is 2.35. The summed E-state index contributed by atoms with van der Waals surface area (Å²) in [7, 11) is 1.49. The molecule has 32 heavy (non-hydrogen) atoms. The molecule has 1 N–H and O–H groups in total. The van der Waals surface area contributed by atoms with Crippen molar-refractivity contribution in [2.24, 2.45) is 0 Å². The number of hydrogen-bond donors (Lipinski definition) is 1. The van der Waals surface area contributed by atoms with E-state index in [4.69, 9.17) is 4.74 Å². The smallest absolute Gasteiger partial charge is 0.433 e. The van der Waals surface area contributed by atoms with Crippen molar-refractivity contribution in [3.63, 3.8) is 0 Å². The van der Waals surface area contributed by atoms with Crippen LogP contribution < -0.4 is 10.1 Å². The van der Waals surface area contributed by atoms with E-state index in [9.17, 15) is 18.0 Å². The molecule has 0 fully saturated rings. The fraction of sp³-hybridized carbons (Fsp3) is 0.200. The van der Waals surface area contributed by atoms with Gasteiger partial charge in [-0.3, -0.25) is 9.48 Å². The van der Waals surface area contributed by atoms with Gasteiger partial charge in [-0.2, -0.15) is 23.4 Å². The van der Waals surface area contributed by atoms with Gasteiger partial charge in [-0.15, -0.1) is 0 Å². The SMILES string of the molecule is COc1ccc(-c2cc(C(F)(F)F)n3nc(C(=O)NCCn4cc(Br)cn4)cc3n2)cc1. The zero-order chi connectivity index (χ0) is 22.9. The number of hydrogen-bond acceptors (Lipinski definition) is 5. The Kier molecular flexibility index (Phi) is 5.87. The predicted octanol–water partition coefficient (Wildman–Crippen LogP) is 3.81. The molecule has 0 atom stereocenters. The second-order valence-electron chi connectivity index (χ2n) is 6.73. The van der Waals surface area contributed by atoms with Gasteiger partial charge in [-0.05, 0) is 46.3 Å². The average molecular weight is 509 g/mol. The standard InChI is InChI=1S/C20H16BrF3N6O2/c1-32-14-4-2-12(3-5-14)15-8-17(20(22,23)24)30-18(27-15)9-16(28-30)19(31)25-6-7-29-11-13(21)10-26-29/h2-5,8-11H,6-7H2,1H3,(H,25,31). The van der Waals surface area contributed by atoms with Crippen molar-refractivity contribution in [2.75, 3.05) is 13.7 Å². The Morgan fingerprint density at radius 2 is 1.97 bits per heavy atom. The summed E-state index contributed by atoms with van der Waals surface area (Å²) in [5.41, 5.74) is -0.725. The van der Waals surface area contributed by atoms with Crippen LogP contribution in [0.3, 0.4) is 0 Å². The number of rotatable bonds is 6. The minimum atomic E-state index is -4.70. The molecule has 166 valence electrons. The highest BCUT2D eigenvalue weighted by Crippen LogP contribution is 2.32. The molecule has 0 bridgehead atoms. The molecule has 0 spiro atoms. The van der Waals surface area contributed by atoms with E-state index in [-0.39, 0.29) is 23.6 Å². The molecule has 0 radical (unpaired) electrons. The second-order valence-corrected chi connectivity index (χ2v) is 7.65. The van der Waals surface area contributed by atoms with Crippen LogP contribution in [0, 0.1) is 0 Å². The van der Waals surface area contributed by atoms with Gasteiger partial charge in [0, 0.05) is 24.4 Å². The first kappa shape index (κ1) is 21.8. The van der Waals surface area contributed by atoms with E-state index in [1.165, 1.54) is 13.2 Å². The van der Waals surface area contributed by atoms with Crippen LogP contribution in [0.4, 0.5) is 13.2 Å². The molecule has 0 saturated carbocycles. The largest absolute Gasteiger partial charge is 0.497 e. The molecule has 0 unspecified atom stereocenters. The van der Waals surface area contributed by atoms with E-state index in [1.807, 2.05) is 0 Å². The molecule has 1 amide bonds. The van der Waals surface area contributed by atoms with Crippen LogP contribution in [0.25, 0.3) is 16.9 Å². The van der Waals surface area contributed by atoms with Gasteiger partial charge < -0.3 is 10.1 Å². The number of fused-ring (bicyclic) bond motifs is 1. The number of carbonyl (C=O) groups is 1. The Morgan fingerprint density at radius 1 is 1.22 bits per heavy atom. The summed E-state index contributed by atoms with van der Waals surface area (Å²) in [6.45, 7) is 0.607. The minimum absolute atomic E-state index is 0.0909. The summed E-state index contributed by atoms with van der Waals surface area (Å²) in [5.74, 6) is -0.0440. The molecule has 4 aromatic rings. The summed E-state index contributed by atoms with van der Waals surface area (Å²) in [4.78, 5) is 16.7. The third-order valence-electron chi connectivity index (χ3n) is 4.56. The van der Waals surface area contributed by atoms with Crippen molar-refractivity contribution >= 4 is 27.5 Å². The van der Waals surface area contributed by atoms with Crippen LogP contribution in [0.1, 0.15) is 16.2 Å². The fourth-order valence-corrected chi connectivity index (χ4v) is 3.36. The molecule has 8 nitrogen and oxygen atoms in total. The Hall–Kier alpha value is -3.41. The third kappa shape index (κ3) is 4.59. The van der Waals surface area contributed by atoms with Gasteiger partial charge >= 0.3 is 6.18 Å². The molecule has 1 aromatic carbocycles. The Morgan fingerprint density at radius 3 is 2.59 bits per heavy atom. The Bertz CT molecular complexity index is 1270. The van der Waals surface area contributed by atoms with Gasteiger partial charge in [-0.1, -0.05) is 0 Å². The molecule has 3 heterocycles. The molecular weight excluding hydrogens is 493 g/mol. The number of carbonyl (C=O) groups excluding carboxylic acids is 1. The van der Waals surface area contributed by atoms with Gasteiger partial charge in [0.05, 0.1) is 30.0 Å². The lowest BCUT2D eigenvalue weighted by Gasteiger charge is -2.11. The quantitative estimate of drug-likeness (QED) is 0.428. The van der Waals surface area contributed by atoms with Gasteiger partial charge in [-0.25, -0.2) is 9.50 Å². The monoisotopic (exact) mass is 508 g/mol. The van der Waals surface area contributed by atoms with Crippen LogP contribution in [0.5, 0.6) is 5.75 Å². The normalized spacial score (nSPS) is 11.7. The summed E-state index contributed by atoms with van der Waals surface area (Å²) < 4.78 is 49.2. The van der Waals surface area contributed by atoms with Crippen LogP contribution >= 0.6 is 15.9 Å². The van der Waals surface area contributed by atoms with Crippen LogP contribution in [-0.2, 0) is 12.7 Å². The number of amides is 1. The number of aromatic nitrogens is 5. The van der Waals surface area contributed by atoms with Gasteiger partial charge in [0.15, 0.2) is 17.0 Å². The van der Waals surface area contributed by atoms with Gasteiger partial charge in [0.1, 0.15) is 5.75 Å². The van der Waals surface area contributed by atoms with E-state index >= 15 is 0 Å². The predicted molar refractivity (Wildman–Crippen MR) is 112 cm³/mol. The zero-order valence-electron chi connectivity index (χ0n) is 16.6. The molecule has 4 rings (SSSR count). The first-order valence-corrected chi connectivity index (χ1v) is 10.1. The fourth-order valence-electron chi connectivity index (χ4n) is 3.03. The van der Waals surface area contributed by atoms with Crippen molar-refractivity contribution in [1.82, 2.24) is 29.7 Å². The lowest BCUT2D eigenvalue weighted by molar-refractivity contribution is -0.142. The first-order valence-electron chi connectivity index (χ1n) is 9.33. The molecule has 0 aliphatic rings. The second kappa shape index (κ2) is 8.61. The molecule has 0 aliphatic carbocycles. The van der Waals surface area contributed by atoms with E-state index in [0.29, 0.717) is 22.4 Å². The number of methoxy groups -OCH3 is 1. The summed E-state index contributed by atoms with van der Waals surface area (Å²) in [6, 6.07) is 8.59. The van der Waals surface area contributed by atoms with Crippen molar-refractivity contribution in [3.05, 3.63) is 64.7 Å². The maximum Gasteiger partial charge on any atom is 0.433 e. The van der Waals surface area contributed by atoms with E-state index in [2.05, 4.69) is 36.4 Å². The number of nitrogens with zero attached hydrogens (tertiary/aromatic N) is 5. The summed E-state index contributed by atoms with van der Waals surface area (Å²) >= 11 is 3.27. The average Bonchev–Trinajstić information content (AvgIpc) is 3.38. The topological polar surface area (TPSA) is 86.3 Å². The van der Waals surface area contributed by atoms with Gasteiger partial charge in [0.2, 0.25) is 0 Å². The number of benzene rings is 1. The number of ether oxygens (including phenoxy) is 1. The number of nitrogens with one attached hydrogen (secondary N) is 1. The van der Waals surface area contributed by atoms with E-state index in [1.54, 1.807) is 41.3 Å². The maximum absolute atomic E-state index is 13.7. The highest BCUT2D eigenvalue weighted by molar-refractivity contribution is 9.10. The molecular formula is C20H16BrF3N6O2. The van der Waals surface area contributed by atoms with Crippen LogP contribution in [-0.4, -0.2) is 43.9 Å². The van der Waals surface area contributed by atoms with Crippen LogP contribution in [0.15, 0.2) is 53.3 Å². The lowest BCUT2D eigenvalue weighted by Crippen LogP contribution is -2.27. The number of halogens is 4. The molecule has 0 aliphatic heterocycles. The van der Waals surface area contributed by atoms with Crippen molar-refractivity contribution in [1.29, 1.82) is 0 Å². The van der Waals surface area contributed by atoms with Crippen molar-refractivity contribution < 1.29 is 22.7 Å². The Balaban J connectivity index is 1.63. The first-order chi connectivity index (χ1) is 15.2. The van der Waals surface area contributed by atoms with E-state index in [0.717, 1.165) is 10.5 Å². The Labute approximate surface area is 188 Å². The highest BCUT2D eigenvalue weighted by atomic mass is 79.9. The van der Waals surface area contributed by atoms with Crippen molar-refractivity contribution in [3.8, 4) is 17.0 Å². The molecule has 0 saturated heterocycles. The molecule has 3 aromatic heterocycles. The minimum Gasteiger partial charge on any atom is -0.497 e. The maximum atomic E-state index is 13.7. The van der Waals surface area contributed by atoms with E-state index < -0.39 is 17.8 Å². The zero-order valence-corrected chi connectivity index (χ0v) is 18.2. The van der Waals surface area contributed by atoms with Crippen molar-refractivity contribution in [2.45, 2.75) is 12.7 Å². The van der Waals surface area contributed by atoms with Gasteiger partial charge in [0.25, 0.3) is 5.91 Å².